The Bertz CT molecular complexity index is 246. The molecule has 1 rings (SSSR count). The molecule has 14 heavy (non-hydrogen) atoms. The molecular weight excluding hydrogens is 236 g/mol. The number of hydrogen-bond donors (Lipinski definition) is 1. The van der Waals surface area contributed by atoms with Crippen molar-refractivity contribution in [2.75, 3.05) is 0 Å². The number of carbonyl (C=O) groups is 1. The van der Waals surface area contributed by atoms with Gasteiger partial charge in [-0.3, -0.25) is 0 Å². The Morgan fingerprint density at radius 2 is 1.71 bits per heavy atom. The summed E-state index contributed by atoms with van der Waals surface area (Å²) in [5.41, 5.74) is 0.780. The van der Waals surface area contributed by atoms with Gasteiger partial charge in [0.25, 0.3) is 0 Å². The van der Waals surface area contributed by atoms with Crippen LogP contribution in [0.3, 0.4) is 0 Å². The molecule has 0 saturated carbocycles. The Morgan fingerprint density at radius 3 is 2.07 bits per heavy atom. The van der Waals surface area contributed by atoms with Gasteiger partial charge in [0.05, 0.1) is 0 Å². The summed E-state index contributed by atoms with van der Waals surface area (Å²) in [7, 11) is 0. The maximum Gasteiger partial charge on any atom is 1.00 e. The zero-order chi connectivity index (χ0) is 10.1. The van der Waals surface area contributed by atoms with E-state index in [1.807, 2.05) is 6.07 Å². The predicted molar refractivity (Wildman–Crippen MR) is 50.0 cm³/mol. The van der Waals surface area contributed by atoms with E-state index < -0.39 is 5.97 Å². The summed E-state index contributed by atoms with van der Waals surface area (Å²) >= 11 is 9.03. The molecule has 0 aliphatic heterocycles. The fraction of sp³-hybridized carbons (Fsp3) is 0.125. The first-order valence-corrected chi connectivity index (χ1v) is 4.16. The van der Waals surface area contributed by atoms with E-state index in [0.29, 0.717) is 0 Å². The van der Waals surface area contributed by atoms with Crippen LogP contribution in [0.5, 0.6) is 0 Å². The first kappa shape index (κ1) is 16.7. The SMILES string of the molecule is ClNCl.O=C([O-])Cc1ccccc1.[Na+]. The molecule has 0 atom stereocenters. The molecule has 1 aromatic carbocycles. The maximum atomic E-state index is 10.1. The minimum absolute atomic E-state index is 0. The smallest absolute Gasteiger partial charge is 0.550 e. The van der Waals surface area contributed by atoms with Gasteiger partial charge < -0.3 is 9.90 Å². The Labute approximate surface area is 115 Å². The average molecular weight is 244 g/mol. The van der Waals surface area contributed by atoms with Crippen molar-refractivity contribution in [3.8, 4) is 0 Å². The minimum atomic E-state index is -1.04. The van der Waals surface area contributed by atoms with Crippen LogP contribution < -0.4 is 39.0 Å². The molecule has 0 aliphatic rings. The third-order valence-corrected chi connectivity index (χ3v) is 1.19. The van der Waals surface area contributed by atoms with Gasteiger partial charge >= 0.3 is 29.6 Å². The van der Waals surface area contributed by atoms with E-state index in [-0.39, 0.29) is 36.0 Å². The van der Waals surface area contributed by atoms with Gasteiger partial charge in [-0.05, 0) is 29.1 Å². The molecule has 1 aromatic rings. The normalized spacial score (nSPS) is 7.86. The van der Waals surface area contributed by atoms with Crippen LogP contribution in [0.25, 0.3) is 0 Å². The molecule has 3 nitrogen and oxygen atoms in total. The summed E-state index contributed by atoms with van der Waals surface area (Å²) in [5, 5.41) is 10.1. The summed E-state index contributed by atoms with van der Waals surface area (Å²) < 4.78 is 1.69. The second-order valence-corrected chi connectivity index (χ2v) is 2.68. The zero-order valence-corrected chi connectivity index (χ0v) is 11.2. The third-order valence-electron chi connectivity index (χ3n) is 1.19. The molecule has 0 saturated heterocycles. The molecule has 0 amide bonds. The van der Waals surface area contributed by atoms with E-state index in [4.69, 9.17) is 0 Å². The van der Waals surface area contributed by atoms with Crippen LogP contribution in [0, 0.1) is 0 Å². The van der Waals surface area contributed by atoms with Gasteiger partial charge in [-0.15, -0.1) is 4.35 Å². The quantitative estimate of drug-likeness (QED) is 0.477. The van der Waals surface area contributed by atoms with Crippen LogP contribution in [-0.4, -0.2) is 5.97 Å². The molecule has 72 valence electrons. The van der Waals surface area contributed by atoms with Crippen molar-refractivity contribution >= 4 is 29.5 Å². The number of aliphatic carboxylic acids is 1. The first-order valence-electron chi connectivity index (χ1n) is 3.40. The van der Waals surface area contributed by atoms with Crippen LogP contribution >= 0.6 is 23.6 Å². The Hall–Kier alpha value is 0.230. The van der Waals surface area contributed by atoms with E-state index in [0.717, 1.165) is 5.56 Å². The van der Waals surface area contributed by atoms with Crippen LogP contribution in [0.2, 0.25) is 0 Å². The number of carboxylic acid groups (broad SMARTS) is 1. The number of hydrogen-bond acceptors (Lipinski definition) is 3. The van der Waals surface area contributed by atoms with E-state index in [1.54, 1.807) is 28.6 Å². The molecule has 0 aliphatic carbocycles. The molecule has 0 aromatic heterocycles. The van der Waals surface area contributed by atoms with Gasteiger partial charge in [-0.2, -0.15) is 0 Å². The Morgan fingerprint density at radius 1 is 1.29 bits per heavy atom. The van der Waals surface area contributed by atoms with Gasteiger partial charge in [0.15, 0.2) is 0 Å². The van der Waals surface area contributed by atoms with Crippen LogP contribution in [-0.2, 0) is 11.2 Å². The van der Waals surface area contributed by atoms with E-state index in [9.17, 15) is 9.90 Å². The second-order valence-electron chi connectivity index (χ2n) is 2.11. The first-order chi connectivity index (χ1) is 6.20. The van der Waals surface area contributed by atoms with Crippen molar-refractivity contribution in [3.05, 3.63) is 35.9 Å². The number of rotatable bonds is 2. The fourth-order valence-corrected chi connectivity index (χ4v) is 0.763. The van der Waals surface area contributed by atoms with Gasteiger partial charge in [0, 0.05) is 12.4 Å². The number of halogens is 2. The minimum Gasteiger partial charge on any atom is -0.550 e. The summed E-state index contributed by atoms with van der Waals surface area (Å²) in [6.45, 7) is 0. The van der Waals surface area contributed by atoms with E-state index in [2.05, 4.69) is 23.6 Å². The van der Waals surface area contributed by atoms with Crippen molar-refractivity contribution in [3.63, 3.8) is 0 Å². The van der Waals surface area contributed by atoms with Crippen molar-refractivity contribution < 1.29 is 39.5 Å². The van der Waals surface area contributed by atoms with Crippen molar-refractivity contribution in [2.45, 2.75) is 6.42 Å². The number of benzene rings is 1. The molecule has 0 fully saturated rings. The van der Waals surface area contributed by atoms with Gasteiger partial charge in [-0.25, -0.2) is 0 Å². The molecule has 0 radical (unpaired) electrons. The van der Waals surface area contributed by atoms with Crippen molar-refractivity contribution in [1.29, 1.82) is 0 Å². The molecule has 1 N–H and O–H groups in total. The van der Waals surface area contributed by atoms with Crippen LogP contribution in [0.15, 0.2) is 30.3 Å². The predicted octanol–water partition coefficient (Wildman–Crippen LogP) is -2.13. The van der Waals surface area contributed by atoms with Gasteiger partial charge in [0.1, 0.15) is 0 Å². The van der Waals surface area contributed by atoms with Crippen LogP contribution in [0.4, 0.5) is 0 Å². The zero-order valence-electron chi connectivity index (χ0n) is 7.67. The van der Waals surface area contributed by atoms with Crippen LogP contribution in [0.1, 0.15) is 5.56 Å². The molecule has 0 spiro atoms. The standard InChI is InChI=1S/C8H8O2.Cl2HN.Na/c9-8(10)6-7-4-2-1-3-5-7;1-3-2;/h1-5H,6H2,(H,9,10);3H;/q;;+1/p-1. The maximum absolute atomic E-state index is 10.1. The van der Waals surface area contributed by atoms with E-state index >= 15 is 0 Å². The largest absolute Gasteiger partial charge is 1.00 e. The molecule has 6 heteroatoms. The third kappa shape index (κ3) is 10.3. The fourth-order valence-electron chi connectivity index (χ4n) is 0.763. The summed E-state index contributed by atoms with van der Waals surface area (Å²) in [4.78, 5) is 10.1. The molecule has 0 unspecified atom stereocenters. The summed E-state index contributed by atoms with van der Waals surface area (Å²) in [5.74, 6) is -1.04. The monoisotopic (exact) mass is 243 g/mol. The molecule has 0 bridgehead atoms. The Kier molecular flexibility index (Phi) is 13.4. The van der Waals surface area contributed by atoms with Crippen molar-refractivity contribution in [1.82, 2.24) is 4.35 Å². The second kappa shape index (κ2) is 11.3. The van der Waals surface area contributed by atoms with Crippen molar-refractivity contribution in [2.24, 2.45) is 0 Å². The van der Waals surface area contributed by atoms with Gasteiger partial charge in [0.2, 0.25) is 0 Å². The molecular formula is C8H8Cl2NNaO2. The number of nitrogens with one attached hydrogen (secondary N) is 1. The van der Waals surface area contributed by atoms with E-state index in [1.165, 1.54) is 0 Å². The summed E-state index contributed by atoms with van der Waals surface area (Å²) in [6, 6.07) is 8.97. The number of carbonyl (C=O) groups excluding carboxylic acids is 1. The number of carboxylic acids is 1. The average Bonchev–Trinajstić information content (AvgIpc) is 2.06. The topological polar surface area (TPSA) is 52.2 Å². The Balaban J connectivity index is 0. The summed E-state index contributed by atoms with van der Waals surface area (Å²) in [6.07, 6.45) is 0.000833. The molecule has 0 heterocycles. The van der Waals surface area contributed by atoms with Gasteiger partial charge in [-0.1, -0.05) is 30.3 Å².